The number of amides is 1. The standard InChI is InChI=1S/C24H24N4O4S/c1-14-7-8-15(2)18(11-14)26-19(29)13-27-20-17-6-3-9-25-22(17)33-21(20)23(30)28(24(27)31)12-16-5-4-10-32-16/h3,6-9,11,16H,4-5,10,12-13H2,1-2H3,(H,26,29). The molecule has 1 atom stereocenters. The van der Waals surface area contributed by atoms with Gasteiger partial charge < -0.3 is 10.1 Å². The Morgan fingerprint density at radius 2 is 2.09 bits per heavy atom. The van der Waals surface area contributed by atoms with E-state index in [4.69, 9.17) is 4.74 Å². The van der Waals surface area contributed by atoms with Gasteiger partial charge in [0.1, 0.15) is 16.1 Å². The minimum Gasteiger partial charge on any atom is -0.376 e. The highest BCUT2D eigenvalue weighted by atomic mass is 32.1. The van der Waals surface area contributed by atoms with Crippen LogP contribution in [0.4, 0.5) is 5.69 Å². The van der Waals surface area contributed by atoms with Gasteiger partial charge in [0.05, 0.1) is 18.2 Å². The molecular weight excluding hydrogens is 440 g/mol. The monoisotopic (exact) mass is 464 g/mol. The van der Waals surface area contributed by atoms with E-state index in [2.05, 4.69) is 10.3 Å². The number of pyridine rings is 1. The zero-order valence-corrected chi connectivity index (χ0v) is 19.3. The number of nitrogens with zero attached hydrogens (tertiary/aromatic N) is 3. The summed E-state index contributed by atoms with van der Waals surface area (Å²) in [6.07, 6.45) is 3.17. The molecule has 0 aliphatic carbocycles. The Bertz CT molecular complexity index is 1490. The maximum atomic E-state index is 13.5. The number of nitrogens with one attached hydrogen (secondary N) is 1. The summed E-state index contributed by atoms with van der Waals surface area (Å²) >= 11 is 1.24. The smallest absolute Gasteiger partial charge is 0.332 e. The largest absolute Gasteiger partial charge is 0.376 e. The number of benzene rings is 1. The lowest BCUT2D eigenvalue weighted by atomic mass is 10.1. The Morgan fingerprint density at radius 1 is 1.24 bits per heavy atom. The van der Waals surface area contributed by atoms with Crippen LogP contribution < -0.4 is 16.6 Å². The Balaban J connectivity index is 1.62. The summed E-state index contributed by atoms with van der Waals surface area (Å²) in [6.45, 7) is 4.46. The molecule has 1 fully saturated rings. The predicted octanol–water partition coefficient (Wildman–Crippen LogP) is 3.21. The lowest BCUT2D eigenvalue weighted by molar-refractivity contribution is -0.116. The van der Waals surface area contributed by atoms with Gasteiger partial charge in [-0.25, -0.2) is 9.78 Å². The van der Waals surface area contributed by atoms with Gasteiger partial charge in [-0.15, -0.1) is 11.3 Å². The summed E-state index contributed by atoms with van der Waals surface area (Å²) in [5.41, 5.74) is 2.24. The fraction of sp³-hybridized carbons (Fsp3) is 0.333. The minimum atomic E-state index is -0.511. The maximum Gasteiger partial charge on any atom is 0.332 e. The van der Waals surface area contributed by atoms with Gasteiger partial charge in [-0.1, -0.05) is 12.1 Å². The predicted molar refractivity (Wildman–Crippen MR) is 129 cm³/mol. The first kappa shape index (κ1) is 21.5. The first-order chi connectivity index (χ1) is 15.9. The highest BCUT2D eigenvalue weighted by Gasteiger charge is 2.24. The number of fused-ring (bicyclic) bond motifs is 3. The summed E-state index contributed by atoms with van der Waals surface area (Å²) < 4.78 is 8.69. The summed E-state index contributed by atoms with van der Waals surface area (Å²) in [7, 11) is 0. The van der Waals surface area contributed by atoms with Gasteiger partial charge in [-0.2, -0.15) is 0 Å². The second-order valence-corrected chi connectivity index (χ2v) is 9.42. The Morgan fingerprint density at radius 3 is 2.88 bits per heavy atom. The summed E-state index contributed by atoms with van der Waals surface area (Å²) in [4.78, 5) is 44.9. The molecule has 1 aliphatic heterocycles. The number of hydrogen-bond acceptors (Lipinski definition) is 6. The zero-order valence-electron chi connectivity index (χ0n) is 18.5. The Hall–Kier alpha value is -3.30. The van der Waals surface area contributed by atoms with E-state index >= 15 is 0 Å². The lowest BCUT2D eigenvalue weighted by Gasteiger charge is -2.15. The van der Waals surface area contributed by atoms with E-state index in [0.29, 0.717) is 32.7 Å². The van der Waals surface area contributed by atoms with Crippen molar-refractivity contribution in [2.24, 2.45) is 0 Å². The first-order valence-corrected chi connectivity index (χ1v) is 11.7. The van der Waals surface area contributed by atoms with Crippen LogP contribution in [0.3, 0.4) is 0 Å². The van der Waals surface area contributed by atoms with Crippen molar-refractivity contribution in [3.63, 3.8) is 0 Å². The molecule has 0 radical (unpaired) electrons. The summed E-state index contributed by atoms with van der Waals surface area (Å²) in [6, 6.07) is 9.40. The van der Waals surface area contributed by atoms with E-state index in [1.807, 2.05) is 38.1 Å². The van der Waals surface area contributed by atoms with Crippen LogP contribution in [0.5, 0.6) is 0 Å². The van der Waals surface area contributed by atoms with Crippen LogP contribution in [-0.2, 0) is 22.6 Å². The van der Waals surface area contributed by atoms with Gasteiger partial charge in [-0.05, 0) is 56.0 Å². The number of thiophene rings is 1. The average Bonchev–Trinajstić information content (AvgIpc) is 3.44. The highest BCUT2D eigenvalue weighted by Crippen LogP contribution is 2.29. The molecule has 1 saturated heterocycles. The van der Waals surface area contributed by atoms with Crippen molar-refractivity contribution in [3.05, 3.63) is 68.5 Å². The first-order valence-electron chi connectivity index (χ1n) is 10.9. The Labute approximate surface area is 193 Å². The number of carbonyl (C=O) groups excluding carboxylic acids is 1. The minimum absolute atomic E-state index is 0.174. The van der Waals surface area contributed by atoms with Gasteiger partial charge >= 0.3 is 5.69 Å². The van der Waals surface area contributed by atoms with Crippen molar-refractivity contribution in [3.8, 4) is 0 Å². The quantitative estimate of drug-likeness (QED) is 0.489. The molecule has 0 bridgehead atoms. The van der Waals surface area contributed by atoms with E-state index in [1.54, 1.807) is 12.3 Å². The second kappa shape index (κ2) is 8.57. The van der Waals surface area contributed by atoms with Gasteiger partial charge in [0.25, 0.3) is 5.56 Å². The number of aryl methyl sites for hydroxylation is 2. The fourth-order valence-electron chi connectivity index (χ4n) is 4.29. The molecule has 1 aliphatic rings. The van der Waals surface area contributed by atoms with Crippen molar-refractivity contribution < 1.29 is 9.53 Å². The number of carbonyl (C=O) groups is 1. The molecule has 9 heteroatoms. The SMILES string of the molecule is Cc1ccc(C)c(NC(=O)Cn2c(=O)n(CC3CCCO3)c(=O)c3sc4ncccc4c32)c1. The second-order valence-electron chi connectivity index (χ2n) is 8.42. The van der Waals surface area contributed by atoms with Crippen molar-refractivity contribution in [1.82, 2.24) is 14.1 Å². The third-order valence-electron chi connectivity index (χ3n) is 5.99. The van der Waals surface area contributed by atoms with Crippen molar-refractivity contribution >= 4 is 43.4 Å². The molecule has 8 nitrogen and oxygen atoms in total. The molecule has 0 saturated carbocycles. The lowest BCUT2D eigenvalue weighted by Crippen LogP contribution is -2.43. The van der Waals surface area contributed by atoms with E-state index in [-0.39, 0.29) is 30.7 Å². The molecule has 1 aromatic carbocycles. The Kier molecular flexibility index (Phi) is 5.59. The van der Waals surface area contributed by atoms with E-state index < -0.39 is 5.69 Å². The third-order valence-corrected chi connectivity index (χ3v) is 7.08. The van der Waals surface area contributed by atoms with Gasteiger partial charge in [-0.3, -0.25) is 18.7 Å². The van der Waals surface area contributed by atoms with E-state index in [0.717, 1.165) is 24.0 Å². The highest BCUT2D eigenvalue weighted by molar-refractivity contribution is 7.25. The number of anilines is 1. The summed E-state index contributed by atoms with van der Waals surface area (Å²) in [5.74, 6) is -0.336. The van der Waals surface area contributed by atoms with Crippen molar-refractivity contribution in [2.75, 3.05) is 11.9 Å². The van der Waals surface area contributed by atoms with Crippen LogP contribution in [0.25, 0.3) is 20.4 Å². The van der Waals surface area contributed by atoms with Gasteiger partial charge in [0.15, 0.2) is 0 Å². The third kappa shape index (κ3) is 3.98. The molecular formula is C24H24N4O4S. The van der Waals surface area contributed by atoms with Crippen LogP contribution in [0.15, 0.2) is 46.1 Å². The number of aromatic nitrogens is 3. The fourth-order valence-corrected chi connectivity index (χ4v) is 5.38. The van der Waals surface area contributed by atoms with Gasteiger partial charge in [0, 0.05) is 23.9 Å². The van der Waals surface area contributed by atoms with Crippen LogP contribution in [-0.4, -0.2) is 32.7 Å². The topological polar surface area (TPSA) is 95.2 Å². The van der Waals surface area contributed by atoms with Gasteiger partial charge in [0.2, 0.25) is 5.91 Å². The summed E-state index contributed by atoms with van der Waals surface area (Å²) in [5, 5.41) is 3.61. The molecule has 4 aromatic rings. The average molecular weight is 465 g/mol. The number of hydrogen-bond donors (Lipinski definition) is 1. The van der Waals surface area contributed by atoms with Crippen molar-refractivity contribution in [1.29, 1.82) is 0 Å². The van der Waals surface area contributed by atoms with Crippen molar-refractivity contribution in [2.45, 2.75) is 45.9 Å². The normalized spacial score (nSPS) is 16.0. The molecule has 170 valence electrons. The maximum absolute atomic E-state index is 13.5. The van der Waals surface area contributed by atoms with E-state index in [1.165, 1.54) is 20.5 Å². The molecule has 0 spiro atoms. The molecule has 1 unspecified atom stereocenters. The molecule has 3 aromatic heterocycles. The number of rotatable bonds is 5. The van der Waals surface area contributed by atoms with Crippen LogP contribution >= 0.6 is 11.3 Å². The molecule has 33 heavy (non-hydrogen) atoms. The van der Waals surface area contributed by atoms with Crippen LogP contribution in [0.2, 0.25) is 0 Å². The van der Waals surface area contributed by atoms with E-state index in [9.17, 15) is 14.4 Å². The zero-order chi connectivity index (χ0) is 23.1. The molecule has 1 amide bonds. The number of ether oxygens (including phenoxy) is 1. The van der Waals surface area contributed by atoms with Crippen LogP contribution in [0.1, 0.15) is 24.0 Å². The molecule has 5 rings (SSSR count). The molecule has 4 heterocycles. The molecule has 1 N–H and O–H groups in total. The van der Waals surface area contributed by atoms with Crippen LogP contribution in [0, 0.1) is 13.8 Å².